The van der Waals surface area contributed by atoms with Crippen molar-refractivity contribution in [2.75, 3.05) is 33.9 Å². The molecule has 1 heterocycles. The highest BCUT2D eigenvalue weighted by Gasteiger charge is 2.50. The van der Waals surface area contributed by atoms with Crippen LogP contribution in [0.25, 0.3) is 0 Å². The van der Waals surface area contributed by atoms with Crippen LogP contribution >= 0.6 is 0 Å². The SMILES string of the molecule is CCCC(=O)N(CCc1cc(OC)ccc1OC)C1C=C(C(=O)NCCO)C2c3ccccc3OC2C1O. The lowest BCUT2D eigenvalue weighted by atomic mass is 9.77. The summed E-state index contributed by atoms with van der Waals surface area (Å²) in [6.45, 7) is 2.11. The molecule has 0 radical (unpaired) electrons. The second-order valence-corrected chi connectivity index (χ2v) is 9.45. The lowest BCUT2D eigenvalue weighted by molar-refractivity contribution is -0.137. The Morgan fingerprint density at radius 2 is 1.92 bits per heavy atom. The Bertz CT molecular complexity index is 1180. The van der Waals surface area contributed by atoms with E-state index in [1.54, 1.807) is 25.2 Å². The molecule has 1 aliphatic heterocycles. The number of carbonyl (C=O) groups is 2. The normalized spacial score (nSPS) is 21.4. The van der Waals surface area contributed by atoms with Crippen LogP contribution < -0.4 is 19.5 Å². The molecule has 9 nitrogen and oxygen atoms in total. The van der Waals surface area contributed by atoms with E-state index in [2.05, 4.69) is 5.32 Å². The number of aliphatic hydroxyl groups excluding tert-OH is 2. The molecular formula is C29H36N2O7. The smallest absolute Gasteiger partial charge is 0.247 e. The molecule has 0 saturated carbocycles. The molecule has 1 aliphatic carbocycles. The maximum atomic E-state index is 13.4. The molecule has 2 aliphatic rings. The third-order valence-corrected chi connectivity index (χ3v) is 7.13. The van der Waals surface area contributed by atoms with Gasteiger partial charge < -0.3 is 34.6 Å². The van der Waals surface area contributed by atoms with Gasteiger partial charge in [0.15, 0.2) is 0 Å². The number of carbonyl (C=O) groups excluding carboxylic acids is 2. The lowest BCUT2D eigenvalue weighted by Gasteiger charge is -2.41. The number of nitrogens with one attached hydrogen (secondary N) is 1. The molecule has 0 bridgehead atoms. The number of fused-ring (bicyclic) bond motifs is 3. The number of benzene rings is 2. The fraction of sp³-hybridized carbons (Fsp3) is 0.448. The van der Waals surface area contributed by atoms with Gasteiger partial charge in [-0.1, -0.05) is 25.1 Å². The van der Waals surface area contributed by atoms with Crippen LogP contribution in [0.1, 0.15) is 36.8 Å². The Kier molecular flexibility index (Phi) is 8.91. The molecule has 0 spiro atoms. The highest BCUT2D eigenvalue weighted by Crippen LogP contribution is 2.47. The molecule has 0 aromatic heterocycles. The van der Waals surface area contributed by atoms with E-state index in [4.69, 9.17) is 14.2 Å². The molecule has 204 valence electrons. The average Bonchev–Trinajstić information content (AvgIpc) is 3.33. The molecule has 4 rings (SSSR count). The number of amides is 2. The Morgan fingerprint density at radius 1 is 1.13 bits per heavy atom. The van der Waals surface area contributed by atoms with Crippen molar-refractivity contribution in [1.82, 2.24) is 10.2 Å². The van der Waals surface area contributed by atoms with Crippen molar-refractivity contribution in [2.24, 2.45) is 0 Å². The van der Waals surface area contributed by atoms with Gasteiger partial charge in [0.2, 0.25) is 11.8 Å². The number of rotatable bonds is 11. The number of aliphatic hydroxyl groups is 2. The van der Waals surface area contributed by atoms with E-state index in [1.165, 1.54) is 0 Å². The van der Waals surface area contributed by atoms with Gasteiger partial charge in [0.05, 0.1) is 32.8 Å². The van der Waals surface area contributed by atoms with Gasteiger partial charge in [-0.05, 0) is 48.7 Å². The number of methoxy groups -OCH3 is 2. The predicted octanol–water partition coefficient (Wildman–Crippen LogP) is 2.20. The molecule has 9 heteroatoms. The van der Waals surface area contributed by atoms with Crippen molar-refractivity contribution in [3.05, 3.63) is 65.2 Å². The Morgan fingerprint density at radius 3 is 2.63 bits per heavy atom. The number of nitrogens with zero attached hydrogens (tertiary/aromatic N) is 1. The van der Waals surface area contributed by atoms with Gasteiger partial charge in [-0.3, -0.25) is 9.59 Å². The largest absolute Gasteiger partial charge is 0.497 e. The number of ether oxygens (including phenoxy) is 3. The van der Waals surface area contributed by atoms with Crippen LogP contribution in [-0.2, 0) is 16.0 Å². The van der Waals surface area contributed by atoms with Gasteiger partial charge in [-0.15, -0.1) is 0 Å². The van der Waals surface area contributed by atoms with E-state index in [0.717, 1.165) is 11.1 Å². The van der Waals surface area contributed by atoms with Crippen LogP contribution in [0.4, 0.5) is 0 Å². The van der Waals surface area contributed by atoms with Gasteiger partial charge in [0.1, 0.15) is 29.5 Å². The maximum absolute atomic E-state index is 13.4. The van der Waals surface area contributed by atoms with Crippen LogP contribution in [0.5, 0.6) is 17.2 Å². The Labute approximate surface area is 223 Å². The summed E-state index contributed by atoms with van der Waals surface area (Å²) in [5, 5.41) is 23.6. The third-order valence-electron chi connectivity index (χ3n) is 7.13. The van der Waals surface area contributed by atoms with E-state index in [1.807, 2.05) is 49.4 Å². The minimum Gasteiger partial charge on any atom is -0.497 e. The molecule has 38 heavy (non-hydrogen) atoms. The molecule has 0 fully saturated rings. The Balaban J connectivity index is 1.70. The van der Waals surface area contributed by atoms with Gasteiger partial charge in [-0.2, -0.15) is 0 Å². The monoisotopic (exact) mass is 524 g/mol. The first-order valence-electron chi connectivity index (χ1n) is 13.0. The third kappa shape index (κ3) is 5.49. The zero-order valence-corrected chi connectivity index (χ0v) is 22.1. The minimum absolute atomic E-state index is 0.0946. The van der Waals surface area contributed by atoms with E-state index in [0.29, 0.717) is 42.1 Å². The number of hydrogen-bond acceptors (Lipinski definition) is 7. The fourth-order valence-electron chi connectivity index (χ4n) is 5.31. The summed E-state index contributed by atoms with van der Waals surface area (Å²) < 4.78 is 17.0. The molecule has 4 unspecified atom stereocenters. The van der Waals surface area contributed by atoms with Crippen LogP contribution in [0.15, 0.2) is 54.1 Å². The molecule has 0 saturated heterocycles. The second-order valence-electron chi connectivity index (χ2n) is 9.45. The highest BCUT2D eigenvalue weighted by atomic mass is 16.5. The zero-order chi connectivity index (χ0) is 27.2. The van der Waals surface area contributed by atoms with Crippen LogP contribution in [0, 0.1) is 0 Å². The summed E-state index contributed by atoms with van der Waals surface area (Å²) in [5.41, 5.74) is 2.09. The zero-order valence-electron chi connectivity index (χ0n) is 22.1. The number of para-hydroxylation sites is 1. The standard InChI is InChI=1S/C29H36N2O7/c1-4-7-25(33)31(14-12-18-16-19(36-2)10-11-23(18)37-3)22-17-21(29(35)30-13-15-32)26-20-8-5-6-9-24(20)38-28(26)27(22)34/h5-6,8-11,16-17,22,26-28,32,34H,4,7,12-15H2,1-3H3,(H,30,35). The van der Waals surface area contributed by atoms with Crippen molar-refractivity contribution >= 4 is 11.8 Å². The molecule has 4 atom stereocenters. The highest BCUT2D eigenvalue weighted by molar-refractivity contribution is 5.96. The summed E-state index contributed by atoms with van der Waals surface area (Å²) in [6, 6.07) is 12.1. The predicted molar refractivity (Wildman–Crippen MR) is 141 cm³/mol. The number of hydrogen-bond donors (Lipinski definition) is 3. The first-order chi connectivity index (χ1) is 18.4. The van der Waals surface area contributed by atoms with E-state index < -0.39 is 24.2 Å². The van der Waals surface area contributed by atoms with Gasteiger partial charge >= 0.3 is 0 Å². The fourth-order valence-corrected chi connectivity index (χ4v) is 5.31. The van der Waals surface area contributed by atoms with E-state index in [9.17, 15) is 19.8 Å². The van der Waals surface area contributed by atoms with Crippen molar-refractivity contribution in [3.63, 3.8) is 0 Å². The molecule has 2 aromatic carbocycles. The minimum atomic E-state index is -1.06. The second kappa shape index (κ2) is 12.3. The van der Waals surface area contributed by atoms with Crippen LogP contribution in [0.3, 0.4) is 0 Å². The van der Waals surface area contributed by atoms with Gasteiger partial charge in [0, 0.05) is 30.6 Å². The van der Waals surface area contributed by atoms with Crippen molar-refractivity contribution in [2.45, 2.75) is 50.4 Å². The summed E-state index contributed by atoms with van der Waals surface area (Å²) in [4.78, 5) is 28.3. The molecule has 3 N–H and O–H groups in total. The Hall–Kier alpha value is -3.56. The molecule has 2 amide bonds. The first-order valence-corrected chi connectivity index (χ1v) is 13.0. The van der Waals surface area contributed by atoms with Crippen LogP contribution in [0.2, 0.25) is 0 Å². The quantitative estimate of drug-likeness (QED) is 0.413. The van der Waals surface area contributed by atoms with Crippen molar-refractivity contribution in [3.8, 4) is 17.2 Å². The summed E-state index contributed by atoms with van der Waals surface area (Å²) in [5.74, 6) is 0.982. The van der Waals surface area contributed by atoms with E-state index >= 15 is 0 Å². The summed E-state index contributed by atoms with van der Waals surface area (Å²) in [7, 11) is 3.18. The van der Waals surface area contributed by atoms with Crippen molar-refractivity contribution in [1.29, 1.82) is 0 Å². The van der Waals surface area contributed by atoms with Crippen molar-refractivity contribution < 1.29 is 34.0 Å². The first kappa shape index (κ1) is 27.5. The topological polar surface area (TPSA) is 118 Å². The average molecular weight is 525 g/mol. The molecule has 2 aromatic rings. The summed E-state index contributed by atoms with van der Waals surface area (Å²) in [6.07, 6.45) is 1.29. The maximum Gasteiger partial charge on any atom is 0.247 e. The van der Waals surface area contributed by atoms with Crippen LogP contribution in [-0.4, -0.2) is 79.1 Å². The van der Waals surface area contributed by atoms with E-state index in [-0.39, 0.29) is 31.5 Å². The molecular weight excluding hydrogens is 488 g/mol. The van der Waals surface area contributed by atoms with Gasteiger partial charge in [-0.25, -0.2) is 0 Å². The lowest BCUT2D eigenvalue weighted by Crippen LogP contribution is -2.56. The van der Waals surface area contributed by atoms with Gasteiger partial charge in [0.25, 0.3) is 0 Å². The summed E-state index contributed by atoms with van der Waals surface area (Å²) >= 11 is 0.